The summed E-state index contributed by atoms with van der Waals surface area (Å²) in [5, 5.41) is 12.2. The maximum Gasteiger partial charge on any atom is 0.356 e. The zero-order valence-corrected chi connectivity index (χ0v) is 21.9. The molecule has 12 heteroatoms. The van der Waals surface area contributed by atoms with Crippen LogP contribution >= 0.6 is 23.5 Å². The minimum absolute atomic E-state index is 0.267. The highest BCUT2D eigenvalue weighted by Gasteiger charge is 2.52. The van der Waals surface area contributed by atoms with Crippen molar-refractivity contribution in [3.8, 4) is 0 Å². The lowest BCUT2D eigenvalue weighted by Gasteiger charge is -2.48. The number of nitrogens with two attached hydrogens (primary N) is 1. The molecular weight excluding hydrogens is 522 g/mol. The van der Waals surface area contributed by atoms with Gasteiger partial charge in [-0.05, 0) is 40.1 Å². The van der Waals surface area contributed by atoms with Gasteiger partial charge in [-0.15, -0.1) is 23.5 Å². The summed E-state index contributed by atoms with van der Waals surface area (Å²) in [4.78, 5) is 32.5. The molecule has 38 heavy (non-hydrogen) atoms. The molecule has 2 aliphatic heterocycles. The Morgan fingerprint density at radius 3 is 2.53 bits per heavy atom. The summed E-state index contributed by atoms with van der Waals surface area (Å²) in [6.45, 7) is 1.87. The smallest absolute Gasteiger partial charge is 0.356 e. The molecule has 2 N–H and O–H groups in total. The van der Waals surface area contributed by atoms with Gasteiger partial charge in [-0.25, -0.2) is 9.78 Å². The molecule has 4 aromatic rings. The first-order chi connectivity index (χ1) is 18.5. The van der Waals surface area contributed by atoms with Crippen molar-refractivity contribution >= 4 is 41.2 Å². The van der Waals surface area contributed by atoms with E-state index in [2.05, 4.69) is 20.5 Å². The molecule has 0 radical (unpaired) electrons. The number of carbonyl (C=O) groups is 2. The van der Waals surface area contributed by atoms with Crippen LogP contribution in [0.2, 0.25) is 0 Å². The van der Waals surface area contributed by atoms with Crippen molar-refractivity contribution in [1.82, 2.24) is 29.9 Å². The summed E-state index contributed by atoms with van der Waals surface area (Å²) in [7, 11) is 0. The number of amides is 1. The van der Waals surface area contributed by atoms with E-state index in [1.165, 1.54) is 16.7 Å². The Hall–Kier alpha value is -3.74. The van der Waals surface area contributed by atoms with E-state index in [4.69, 9.17) is 10.5 Å². The van der Waals surface area contributed by atoms with E-state index in [0.717, 1.165) is 27.4 Å². The molecular formula is C26H23N7O3S2. The number of carbonyl (C=O) groups excluding carboxylic acids is 2. The normalized spacial score (nSPS) is 19.0. The van der Waals surface area contributed by atoms with Gasteiger partial charge in [0, 0.05) is 17.2 Å². The van der Waals surface area contributed by atoms with Crippen molar-refractivity contribution in [3.05, 3.63) is 94.8 Å². The van der Waals surface area contributed by atoms with Gasteiger partial charge in [-0.3, -0.25) is 9.69 Å². The van der Waals surface area contributed by atoms with Crippen LogP contribution in [0.1, 0.15) is 22.9 Å². The van der Waals surface area contributed by atoms with E-state index < -0.39 is 18.1 Å². The van der Waals surface area contributed by atoms with Gasteiger partial charge in [0.25, 0.3) is 5.78 Å². The zero-order chi connectivity index (χ0) is 26.2. The summed E-state index contributed by atoms with van der Waals surface area (Å²) in [5.74, 6) is 0.543. The largest absolute Gasteiger partial charge is 0.448 e. The Bertz CT molecular complexity index is 1510. The maximum absolute atomic E-state index is 13.9. The van der Waals surface area contributed by atoms with Crippen LogP contribution in [0.25, 0.3) is 5.78 Å². The molecule has 4 heterocycles. The molecule has 2 aromatic heterocycles. The van der Waals surface area contributed by atoms with Crippen LogP contribution in [-0.4, -0.2) is 64.7 Å². The molecule has 0 aliphatic carbocycles. The molecule has 2 aliphatic rings. The highest BCUT2D eigenvalue weighted by molar-refractivity contribution is 8.01. The fourth-order valence-corrected chi connectivity index (χ4v) is 6.99. The Labute approximate surface area is 226 Å². The van der Waals surface area contributed by atoms with E-state index >= 15 is 0 Å². The number of β-lactam (4-membered cyclic amide) rings is 1. The van der Waals surface area contributed by atoms with Crippen molar-refractivity contribution in [2.24, 2.45) is 5.73 Å². The van der Waals surface area contributed by atoms with Crippen molar-refractivity contribution in [2.75, 3.05) is 11.5 Å². The van der Waals surface area contributed by atoms with E-state index in [-0.39, 0.29) is 17.0 Å². The minimum atomic E-state index is -0.639. The van der Waals surface area contributed by atoms with E-state index in [0.29, 0.717) is 17.3 Å². The van der Waals surface area contributed by atoms with E-state index in [1.807, 2.05) is 73.7 Å². The molecule has 1 saturated heterocycles. The van der Waals surface area contributed by atoms with Crippen LogP contribution in [0, 0.1) is 6.92 Å². The molecule has 0 spiro atoms. The molecule has 0 saturated carbocycles. The number of ether oxygens (including phenoxy) is 1. The van der Waals surface area contributed by atoms with Crippen molar-refractivity contribution < 1.29 is 14.3 Å². The third-order valence-corrected chi connectivity index (χ3v) is 8.82. The van der Waals surface area contributed by atoms with Crippen LogP contribution < -0.4 is 5.73 Å². The summed E-state index contributed by atoms with van der Waals surface area (Å²) in [5.41, 5.74) is 9.58. The number of aromatic nitrogens is 5. The molecule has 1 amide bonds. The second kappa shape index (κ2) is 10.2. The number of rotatable bonds is 7. The van der Waals surface area contributed by atoms with Crippen molar-refractivity contribution in [2.45, 2.75) is 29.5 Å². The number of hydrogen-bond donors (Lipinski definition) is 1. The number of aryl methyl sites for hydroxylation is 1. The van der Waals surface area contributed by atoms with E-state index in [9.17, 15) is 9.59 Å². The highest BCUT2D eigenvalue weighted by Crippen LogP contribution is 2.42. The second-order valence-corrected chi connectivity index (χ2v) is 11.0. The lowest BCUT2D eigenvalue weighted by atomic mass is 10.0. The molecule has 192 valence electrons. The Morgan fingerprint density at radius 2 is 1.84 bits per heavy atom. The quantitative estimate of drug-likeness (QED) is 0.160. The van der Waals surface area contributed by atoms with Gasteiger partial charge in [0.1, 0.15) is 22.1 Å². The zero-order valence-electron chi connectivity index (χ0n) is 20.3. The monoisotopic (exact) mass is 545 g/mol. The number of fused-ring (bicyclic) bond motifs is 2. The number of esters is 1. The number of benzene rings is 2. The van der Waals surface area contributed by atoms with Gasteiger partial charge >= 0.3 is 5.97 Å². The Kier molecular flexibility index (Phi) is 6.60. The predicted molar refractivity (Wildman–Crippen MR) is 143 cm³/mol. The first-order valence-electron chi connectivity index (χ1n) is 11.9. The minimum Gasteiger partial charge on any atom is -0.448 e. The fraction of sp³-hybridized carbons (Fsp3) is 0.231. The van der Waals surface area contributed by atoms with Crippen LogP contribution in [0.15, 0.2) is 83.0 Å². The number of thioether (sulfide) groups is 2. The number of tetrazole rings is 1. The molecule has 2 aromatic carbocycles. The third-order valence-electron chi connectivity index (χ3n) is 6.38. The maximum atomic E-state index is 13.9. The highest BCUT2D eigenvalue weighted by atomic mass is 32.2. The average Bonchev–Trinajstić information content (AvgIpc) is 3.43. The lowest BCUT2D eigenvalue weighted by Crippen LogP contribution is -2.68. The predicted octanol–water partition coefficient (Wildman–Crippen LogP) is 2.75. The van der Waals surface area contributed by atoms with Crippen LogP contribution in [-0.2, 0) is 14.3 Å². The molecule has 0 bridgehead atoms. The van der Waals surface area contributed by atoms with Gasteiger partial charge in [0.2, 0.25) is 5.91 Å². The van der Waals surface area contributed by atoms with Crippen LogP contribution in [0.4, 0.5) is 0 Å². The molecule has 2 atom stereocenters. The summed E-state index contributed by atoms with van der Waals surface area (Å²) < 4.78 is 7.72. The SMILES string of the molecule is Cc1cc(SCC2=C(C(=O)OC(c3ccccc3)c3ccccc3)N3C(=O)C(N)[C@H]3SC2)n2nnnc2n1. The van der Waals surface area contributed by atoms with Crippen molar-refractivity contribution in [1.29, 1.82) is 0 Å². The van der Waals surface area contributed by atoms with Gasteiger partial charge in [0.05, 0.1) is 0 Å². The standard InChI is InChI=1S/C26H23N7O3S2/c1-15-12-19(33-26(28-15)29-30-31-33)37-13-18-14-38-24-20(27)23(34)32(24)21(18)25(35)36-22(16-8-4-2-5-9-16)17-10-6-3-7-11-17/h2-12,20,22,24H,13-14,27H2,1H3/t20?,24-/m1/s1. The van der Waals surface area contributed by atoms with Gasteiger partial charge in [-0.2, -0.15) is 4.52 Å². The molecule has 6 rings (SSSR count). The third kappa shape index (κ3) is 4.44. The van der Waals surface area contributed by atoms with Crippen LogP contribution in [0.5, 0.6) is 0 Å². The molecule has 10 nitrogen and oxygen atoms in total. The Balaban J connectivity index is 1.34. The average molecular weight is 546 g/mol. The van der Waals surface area contributed by atoms with E-state index in [1.54, 1.807) is 16.3 Å². The topological polar surface area (TPSA) is 129 Å². The van der Waals surface area contributed by atoms with Gasteiger partial charge in [0.15, 0.2) is 6.10 Å². The first kappa shape index (κ1) is 24.6. The second-order valence-electron chi connectivity index (χ2n) is 8.91. The Morgan fingerprint density at radius 1 is 1.16 bits per heavy atom. The number of nitrogens with zero attached hydrogens (tertiary/aromatic N) is 6. The number of hydrogen-bond acceptors (Lipinski definition) is 10. The summed E-state index contributed by atoms with van der Waals surface area (Å²) in [6, 6.07) is 20.4. The molecule has 1 unspecified atom stereocenters. The van der Waals surface area contributed by atoms with Crippen molar-refractivity contribution in [3.63, 3.8) is 0 Å². The van der Waals surface area contributed by atoms with Gasteiger partial charge < -0.3 is 10.5 Å². The summed E-state index contributed by atoms with van der Waals surface area (Å²) in [6.07, 6.45) is -0.631. The lowest BCUT2D eigenvalue weighted by molar-refractivity contribution is -0.153. The van der Waals surface area contributed by atoms with Crippen LogP contribution in [0.3, 0.4) is 0 Å². The van der Waals surface area contributed by atoms with Gasteiger partial charge in [-0.1, -0.05) is 65.8 Å². The summed E-state index contributed by atoms with van der Waals surface area (Å²) >= 11 is 3.02. The first-order valence-corrected chi connectivity index (χ1v) is 14.0. The fourth-order valence-electron chi connectivity index (χ4n) is 4.51. The molecule has 1 fully saturated rings.